The highest BCUT2D eigenvalue weighted by Gasteiger charge is 2.23. The van der Waals surface area contributed by atoms with E-state index in [2.05, 4.69) is 20.2 Å². The molecule has 0 bridgehead atoms. The Morgan fingerprint density at radius 3 is 2.82 bits per heavy atom. The number of benzene rings is 1. The number of amides is 2. The fraction of sp³-hybridized carbons (Fsp3) is 0.409. The third kappa shape index (κ3) is 3.72. The molecule has 1 saturated carbocycles. The number of aromatic nitrogens is 3. The van der Waals surface area contributed by atoms with E-state index in [0.717, 1.165) is 33.8 Å². The van der Waals surface area contributed by atoms with E-state index in [1.165, 1.54) is 25.7 Å². The van der Waals surface area contributed by atoms with E-state index in [1.54, 1.807) is 0 Å². The second-order valence-electron chi connectivity index (χ2n) is 7.56. The quantitative estimate of drug-likeness (QED) is 0.686. The molecular formula is C22H27N5O. The Morgan fingerprint density at radius 1 is 1.18 bits per heavy atom. The molecule has 6 nitrogen and oxygen atoms in total. The van der Waals surface area contributed by atoms with Gasteiger partial charge in [0.05, 0.1) is 0 Å². The summed E-state index contributed by atoms with van der Waals surface area (Å²) in [6.45, 7) is 4.59. The summed E-state index contributed by atoms with van der Waals surface area (Å²) in [7, 11) is 0. The largest absolute Gasteiger partial charge is 0.337 e. The van der Waals surface area contributed by atoms with Crippen LogP contribution in [0.2, 0.25) is 0 Å². The van der Waals surface area contributed by atoms with E-state index in [4.69, 9.17) is 4.98 Å². The van der Waals surface area contributed by atoms with Crippen molar-refractivity contribution in [1.29, 1.82) is 0 Å². The van der Waals surface area contributed by atoms with Crippen LogP contribution in [0.15, 0.2) is 36.5 Å². The summed E-state index contributed by atoms with van der Waals surface area (Å²) in [6.07, 6.45) is 7.38. The van der Waals surface area contributed by atoms with Crippen molar-refractivity contribution in [1.82, 2.24) is 19.9 Å². The number of fused-ring (bicyclic) bond motifs is 1. The maximum Gasteiger partial charge on any atom is 0.319 e. The molecule has 2 heterocycles. The zero-order valence-corrected chi connectivity index (χ0v) is 16.5. The molecule has 0 saturated heterocycles. The summed E-state index contributed by atoms with van der Waals surface area (Å²) in [5, 5.41) is 5.91. The Balaban J connectivity index is 1.43. The molecule has 6 heteroatoms. The first-order chi connectivity index (χ1) is 13.6. The fourth-order valence-corrected chi connectivity index (χ4v) is 4.04. The Labute approximate surface area is 165 Å². The maximum atomic E-state index is 12.3. The van der Waals surface area contributed by atoms with Crippen molar-refractivity contribution < 1.29 is 4.79 Å². The van der Waals surface area contributed by atoms with Crippen LogP contribution in [0, 0.1) is 13.8 Å². The van der Waals surface area contributed by atoms with Crippen molar-refractivity contribution in [2.45, 2.75) is 52.0 Å². The molecule has 2 aromatic heterocycles. The third-order valence-electron chi connectivity index (χ3n) is 5.70. The number of aryl methyl sites for hydroxylation is 1. The minimum absolute atomic E-state index is 0.185. The highest BCUT2D eigenvalue weighted by molar-refractivity contribution is 5.90. The van der Waals surface area contributed by atoms with Crippen LogP contribution in [0.25, 0.3) is 11.2 Å². The van der Waals surface area contributed by atoms with Crippen LogP contribution in [0.5, 0.6) is 0 Å². The van der Waals surface area contributed by atoms with E-state index in [0.29, 0.717) is 19.0 Å². The number of hydrogen-bond donors (Lipinski definition) is 2. The van der Waals surface area contributed by atoms with Gasteiger partial charge in [0.2, 0.25) is 0 Å². The molecule has 1 fully saturated rings. The average molecular weight is 377 g/mol. The molecule has 0 spiro atoms. The van der Waals surface area contributed by atoms with Gasteiger partial charge in [-0.05, 0) is 56.0 Å². The zero-order valence-electron chi connectivity index (χ0n) is 16.5. The highest BCUT2D eigenvalue weighted by atomic mass is 16.2. The van der Waals surface area contributed by atoms with E-state index >= 15 is 0 Å². The number of rotatable bonds is 5. The van der Waals surface area contributed by atoms with Gasteiger partial charge < -0.3 is 15.2 Å². The number of hydrogen-bond acceptors (Lipinski definition) is 3. The first-order valence-electron chi connectivity index (χ1n) is 10.1. The van der Waals surface area contributed by atoms with Crippen LogP contribution in [0.4, 0.5) is 10.5 Å². The van der Waals surface area contributed by atoms with E-state index < -0.39 is 0 Å². The lowest BCUT2D eigenvalue weighted by Crippen LogP contribution is -2.31. The van der Waals surface area contributed by atoms with Gasteiger partial charge in [-0.3, -0.25) is 0 Å². The molecule has 0 aliphatic heterocycles. The second kappa shape index (κ2) is 8.00. The summed E-state index contributed by atoms with van der Waals surface area (Å²) in [6, 6.07) is 10.1. The lowest BCUT2D eigenvalue weighted by Gasteiger charge is -2.16. The van der Waals surface area contributed by atoms with Crippen molar-refractivity contribution >= 4 is 22.9 Å². The molecule has 0 unspecified atom stereocenters. The van der Waals surface area contributed by atoms with E-state index in [1.807, 2.05) is 50.4 Å². The average Bonchev–Trinajstić information content (AvgIpc) is 3.32. The smallest absolute Gasteiger partial charge is 0.319 e. The molecule has 2 amide bonds. The maximum absolute atomic E-state index is 12.3. The molecule has 0 atom stereocenters. The highest BCUT2D eigenvalue weighted by Crippen LogP contribution is 2.33. The van der Waals surface area contributed by atoms with Crippen LogP contribution < -0.4 is 10.6 Å². The number of carbonyl (C=O) groups is 1. The van der Waals surface area contributed by atoms with Crippen LogP contribution in [-0.2, 0) is 6.42 Å². The molecule has 2 N–H and O–H groups in total. The molecule has 1 aliphatic rings. The van der Waals surface area contributed by atoms with Crippen LogP contribution in [0.1, 0.15) is 48.7 Å². The van der Waals surface area contributed by atoms with E-state index in [-0.39, 0.29) is 6.03 Å². The van der Waals surface area contributed by atoms with Crippen molar-refractivity contribution in [2.75, 3.05) is 11.9 Å². The normalized spacial score (nSPS) is 14.5. The first-order valence-corrected chi connectivity index (χ1v) is 10.1. The van der Waals surface area contributed by atoms with Gasteiger partial charge in [-0.1, -0.05) is 25.0 Å². The molecule has 4 rings (SSSR count). The van der Waals surface area contributed by atoms with E-state index in [9.17, 15) is 4.79 Å². The summed E-state index contributed by atoms with van der Waals surface area (Å²) < 4.78 is 2.30. The van der Waals surface area contributed by atoms with Crippen LogP contribution in [0.3, 0.4) is 0 Å². The summed E-state index contributed by atoms with van der Waals surface area (Å²) in [5.74, 6) is 1.01. The summed E-state index contributed by atoms with van der Waals surface area (Å²) in [5.41, 5.74) is 5.00. The number of pyridine rings is 1. The summed E-state index contributed by atoms with van der Waals surface area (Å²) in [4.78, 5) is 21.7. The lowest BCUT2D eigenvalue weighted by molar-refractivity contribution is 0.252. The lowest BCUT2D eigenvalue weighted by atomic mass is 10.1. The van der Waals surface area contributed by atoms with Gasteiger partial charge in [-0.15, -0.1) is 0 Å². The Kier molecular flexibility index (Phi) is 5.28. The van der Waals surface area contributed by atoms with Crippen LogP contribution >= 0.6 is 0 Å². The number of nitrogens with zero attached hydrogens (tertiary/aromatic N) is 3. The third-order valence-corrected chi connectivity index (χ3v) is 5.70. The van der Waals surface area contributed by atoms with Crippen molar-refractivity contribution in [3.05, 3.63) is 53.5 Å². The second-order valence-corrected chi connectivity index (χ2v) is 7.56. The SMILES string of the molecule is Cc1cccc(NC(=O)NCCc2nc3cccnc3n2C2CCCC2)c1C. The number of nitrogens with one attached hydrogen (secondary N) is 2. The monoisotopic (exact) mass is 377 g/mol. The molecule has 3 aromatic rings. The van der Waals surface area contributed by atoms with Gasteiger partial charge in [0.1, 0.15) is 11.3 Å². The van der Waals surface area contributed by atoms with Crippen LogP contribution in [-0.4, -0.2) is 27.1 Å². The minimum Gasteiger partial charge on any atom is -0.337 e. The van der Waals surface area contributed by atoms with Crippen molar-refractivity contribution in [3.63, 3.8) is 0 Å². The molecule has 1 aliphatic carbocycles. The van der Waals surface area contributed by atoms with Crippen molar-refractivity contribution in [3.8, 4) is 0 Å². The van der Waals surface area contributed by atoms with Gasteiger partial charge in [-0.25, -0.2) is 14.8 Å². The van der Waals surface area contributed by atoms with Gasteiger partial charge in [0.25, 0.3) is 0 Å². The number of imidazole rings is 1. The first kappa shape index (κ1) is 18.5. The standard InChI is InChI=1S/C22H27N5O/c1-15-7-5-10-18(16(15)2)26-22(28)24-14-12-20-25-19-11-6-13-23-21(19)27(20)17-8-3-4-9-17/h5-7,10-11,13,17H,3-4,8-9,12,14H2,1-2H3,(H2,24,26,28). The molecule has 28 heavy (non-hydrogen) atoms. The fourth-order valence-electron chi connectivity index (χ4n) is 4.04. The zero-order chi connectivity index (χ0) is 19.5. The predicted molar refractivity (Wildman–Crippen MR) is 112 cm³/mol. The number of anilines is 1. The topological polar surface area (TPSA) is 71.8 Å². The molecule has 1 aromatic carbocycles. The van der Waals surface area contributed by atoms with Gasteiger partial charge in [0.15, 0.2) is 5.65 Å². The number of urea groups is 1. The Morgan fingerprint density at radius 2 is 2.00 bits per heavy atom. The Bertz CT molecular complexity index is 988. The summed E-state index contributed by atoms with van der Waals surface area (Å²) >= 11 is 0. The number of carbonyl (C=O) groups excluding carboxylic acids is 1. The molecule has 146 valence electrons. The molecular weight excluding hydrogens is 350 g/mol. The minimum atomic E-state index is -0.185. The predicted octanol–water partition coefficient (Wildman–Crippen LogP) is 4.53. The van der Waals surface area contributed by atoms with Crippen molar-refractivity contribution in [2.24, 2.45) is 0 Å². The van der Waals surface area contributed by atoms with Gasteiger partial charge >= 0.3 is 6.03 Å². The van der Waals surface area contributed by atoms with Gasteiger partial charge in [-0.2, -0.15) is 0 Å². The van der Waals surface area contributed by atoms with Gasteiger partial charge in [0, 0.05) is 30.9 Å². The molecule has 0 radical (unpaired) electrons. The Hall–Kier alpha value is -2.89.